The third-order valence-corrected chi connectivity index (χ3v) is 4.25. The fourth-order valence-corrected chi connectivity index (χ4v) is 2.62. The van der Waals surface area contributed by atoms with Crippen molar-refractivity contribution in [1.29, 1.82) is 0 Å². The average molecular weight is 423 g/mol. The first kappa shape index (κ1) is 26.2. The number of allylic oxidation sites excluding steroid dienone is 8. The Morgan fingerprint density at radius 3 is 2.42 bits per heavy atom. The molecule has 1 aromatic carbocycles. The Hall–Kier alpha value is -2.81. The minimum atomic E-state index is -0.348. The monoisotopic (exact) mass is 422 g/mol. The smallest absolute Gasteiger partial charge is 0.336 e. The highest BCUT2D eigenvalue weighted by atomic mass is 16.5. The molecule has 0 fully saturated rings. The normalized spacial score (nSPS) is 12.8. The Kier molecular flexibility index (Phi) is 14.3. The fourth-order valence-electron chi connectivity index (χ4n) is 2.62. The molecule has 1 atom stereocenters. The highest BCUT2D eigenvalue weighted by Crippen LogP contribution is 2.20. The fraction of sp³-hybridized carbons (Fsp3) is 0.393. The number of fused-ring (bicyclic) bond motifs is 1. The van der Waals surface area contributed by atoms with E-state index in [2.05, 4.69) is 76.3 Å². The lowest BCUT2D eigenvalue weighted by atomic mass is 10.1. The van der Waals surface area contributed by atoms with Crippen molar-refractivity contribution in [2.24, 2.45) is 5.92 Å². The molecule has 0 bridgehead atoms. The summed E-state index contributed by atoms with van der Waals surface area (Å²) in [6.07, 6.45) is 22.6. The molecule has 3 nitrogen and oxygen atoms in total. The minimum absolute atomic E-state index is 0.348. The van der Waals surface area contributed by atoms with Crippen LogP contribution in [-0.2, 0) is 0 Å². The Labute approximate surface area is 187 Å². The zero-order valence-corrected chi connectivity index (χ0v) is 19.6. The van der Waals surface area contributed by atoms with E-state index in [1.165, 1.54) is 12.5 Å². The van der Waals surface area contributed by atoms with Crippen LogP contribution in [-0.4, -0.2) is 6.61 Å². The molecule has 0 radical (unpaired) electrons. The number of hydrogen-bond acceptors (Lipinski definition) is 3. The molecule has 2 rings (SSSR count). The molecule has 3 heteroatoms. The van der Waals surface area contributed by atoms with Crippen molar-refractivity contribution in [2.45, 2.75) is 59.8 Å². The van der Waals surface area contributed by atoms with Gasteiger partial charge in [0.25, 0.3) is 0 Å². The molecule has 0 amide bonds. The number of hydrogen-bond donors (Lipinski definition) is 0. The third-order valence-electron chi connectivity index (χ3n) is 4.25. The molecule has 31 heavy (non-hydrogen) atoms. The lowest BCUT2D eigenvalue weighted by Crippen LogP contribution is -2.02. The summed E-state index contributed by atoms with van der Waals surface area (Å²) in [5, 5.41) is 0.890. The van der Waals surface area contributed by atoms with Crippen LogP contribution in [0.2, 0.25) is 0 Å². The van der Waals surface area contributed by atoms with E-state index in [4.69, 9.17) is 9.15 Å². The van der Waals surface area contributed by atoms with Gasteiger partial charge in [-0.1, -0.05) is 82.7 Å². The van der Waals surface area contributed by atoms with Gasteiger partial charge in [0.1, 0.15) is 11.3 Å². The van der Waals surface area contributed by atoms with E-state index in [0.717, 1.165) is 36.8 Å². The van der Waals surface area contributed by atoms with E-state index in [1.54, 1.807) is 12.1 Å². The largest absolute Gasteiger partial charge is 0.493 e. The molecule has 0 aliphatic heterocycles. The zero-order valence-electron chi connectivity index (χ0n) is 19.6. The van der Waals surface area contributed by atoms with Crippen molar-refractivity contribution in [3.05, 3.63) is 89.4 Å². The first-order valence-corrected chi connectivity index (χ1v) is 11.4. The molecule has 2 aromatic rings. The summed E-state index contributed by atoms with van der Waals surface area (Å²) in [7, 11) is 0. The molecular formula is C28H38O3. The maximum absolute atomic E-state index is 11.3. The molecule has 0 saturated carbocycles. The molecule has 0 aliphatic carbocycles. The summed E-state index contributed by atoms with van der Waals surface area (Å²) in [5.41, 5.74) is 0.206. The third kappa shape index (κ3) is 12.5. The van der Waals surface area contributed by atoms with Crippen LogP contribution < -0.4 is 10.4 Å². The molecule has 0 N–H and O–H groups in total. The van der Waals surface area contributed by atoms with Gasteiger partial charge in [-0.15, -0.1) is 0 Å². The van der Waals surface area contributed by atoms with Crippen molar-refractivity contribution >= 4 is 11.0 Å². The Balaban J connectivity index is 0.00000151. The van der Waals surface area contributed by atoms with Crippen molar-refractivity contribution in [2.75, 3.05) is 6.61 Å². The first-order chi connectivity index (χ1) is 15.1. The van der Waals surface area contributed by atoms with Crippen LogP contribution in [0.15, 0.2) is 88.2 Å². The van der Waals surface area contributed by atoms with E-state index in [1.807, 2.05) is 12.1 Å². The van der Waals surface area contributed by atoms with Crippen LogP contribution in [0.25, 0.3) is 11.0 Å². The zero-order chi connectivity index (χ0) is 22.7. The van der Waals surface area contributed by atoms with Crippen molar-refractivity contribution < 1.29 is 9.15 Å². The van der Waals surface area contributed by atoms with Crippen LogP contribution >= 0.6 is 0 Å². The maximum Gasteiger partial charge on any atom is 0.336 e. The van der Waals surface area contributed by atoms with Gasteiger partial charge in [0.2, 0.25) is 0 Å². The summed E-state index contributed by atoms with van der Waals surface area (Å²) in [4.78, 5) is 11.3. The lowest BCUT2D eigenvalue weighted by molar-refractivity contribution is 0.296. The van der Waals surface area contributed by atoms with Crippen molar-refractivity contribution in [3.63, 3.8) is 0 Å². The summed E-state index contributed by atoms with van der Waals surface area (Å²) >= 11 is 0. The van der Waals surface area contributed by atoms with E-state index >= 15 is 0 Å². The standard InChI is InChI=1S/C25H30O3.C3H8/c1-3-4-5-6-7-8-9-10-11-12-13-21(2)18-19-27-23-16-14-22-15-17-25(26)28-24(22)20-23;1-3-2/h4-5,8-17,20-21H,3,6-7,18-19H2,1-2H3;3H2,1-2H3/b5-4-,9-8+,11-10-,13-12+;. The Bertz CT molecular complexity index is 900. The Morgan fingerprint density at radius 2 is 1.65 bits per heavy atom. The predicted octanol–water partition coefficient (Wildman–Crippen LogP) is 8.03. The van der Waals surface area contributed by atoms with E-state index in [9.17, 15) is 4.79 Å². The molecule has 168 valence electrons. The summed E-state index contributed by atoms with van der Waals surface area (Å²) in [6.45, 7) is 9.19. The molecule has 1 unspecified atom stereocenters. The second-order valence-electron chi connectivity index (χ2n) is 7.43. The molecular weight excluding hydrogens is 384 g/mol. The van der Waals surface area contributed by atoms with Gasteiger partial charge in [-0.2, -0.15) is 0 Å². The molecule has 1 aromatic heterocycles. The summed E-state index contributed by atoms with van der Waals surface area (Å²) in [6, 6.07) is 8.74. The number of unbranched alkanes of at least 4 members (excludes halogenated alkanes) is 1. The van der Waals surface area contributed by atoms with Gasteiger partial charge in [-0.25, -0.2) is 4.79 Å². The van der Waals surface area contributed by atoms with Gasteiger partial charge in [0.05, 0.1) is 6.61 Å². The number of benzene rings is 1. The second-order valence-corrected chi connectivity index (χ2v) is 7.43. The average Bonchev–Trinajstić information content (AvgIpc) is 2.75. The van der Waals surface area contributed by atoms with Crippen molar-refractivity contribution in [3.8, 4) is 5.75 Å². The van der Waals surface area contributed by atoms with Gasteiger partial charge in [-0.05, 0) is 49.8 Å². The first-order valence-electron chi connectivity index (χ1n) is 11.4. The molecule has 1 heterocycles. The predicted molar refractivity (Wildman–Crippen MR) is 134 cm³/mol. The van der Waals surface area contributed by atoms with E-state index < -0.39 is 0 Å². The molecule has 0 aliphatic rings. The van der Waals surface area contributed by atoms with Crippen LogP contribution in [0.1, 0.15) is 59.8 Å². The number of ether oxygens (including phenoxy) is 1. The number of rotatable bonds is 11. The second kappa shape index (κ2) is 16.9. The van der Waals surface area contributed by atoms with E-state index in [-0.39, 0.29) is 5.63 Å². The van der Waals surface area contributed by atoms with Crippen LogP contribution in [0.5, 0.6) is 5.75 Å². The Morgan fingerprint density at radius 1 is 0.935 bits per heavy atom. The molecule has 0 saturated heterocycles. The highest BCUT2D eigenvalue weighted by Gasteiger charge is 2.02. The van der Waals surface area contributed by atoms with Gasteiger partial charge in [0.15, 0.2) is 0 Å². The topological polar surface area (TPSA) is 39.4 Å². The van der Waals surface area contributed by atoms with Gasteiger partial charge < -0.3 is 9.15 Å². The van der Waals surface area contributed by atoms with Crippen molar-refractivity contribution in [1.82, 2.24) is 0 Å². The molecule has 0 spiro atoms. The summed E-state index contributed by atoms with van der Waals surface area (Å²) < 4.78 is 11.0. The quantitative estimate of drug-likeness (QED) is 0.159. The van der Waals surface area contributed by atoms with Crippen LogP contribution in [0.4, 0.5) is 0 Å². The van der Waals surface area contributed by atoms with Gasteiger partial charge >= 0.3 is 5.63 Å². The van der Waals surface area contributed by atoms with E-state index in [0.29, 0.717) is 18.1 Å². The van der Waals surface area contributed by atoms with Gasteiger partial charge in [0, 0.05) is 17.5 Å². The lowest BCUT2D eigenvalue weighted by Gasteiger charge is -2.09. The van der Waals surface area contributed by atoms with Crippen LogP contribution in [0.3, 0.4) is 0 Å². The van der Waals surface area contributed by atoms with Crippen LogP contribution in [0, 0.1) is 5.92 Å². The SMILES string of the molecule is CC/C=C\CC/C=C/C=C\C=C\C(C)CCOc1ccc2ccc(=O)oc2c1.CCC. The highest BCUT2D eigenvalue weighted by molar-refractivity contribution is 5.77. The van der Waals surface area contributed by atoms with Gasteiger partial charge in [-0.3, -0.25) is 0 Å². The minimum Gasteiger partial charge on any atom is -0.493 e. The maximum atomic E-state index is 11.3. The summed E-state index contributed by atoms with van der Waals surface area (Å²) in [5.74, 6) is 1.14.